The lowest BCUT2D eigenvalue weighted by atomic mass is 9.95. The predicted molar refractivity (Wildman–Crippen MR) is 200 cm³/mol. The summed E-state index contributed by atoms with van der Waals surface area (Å²) < 4.78 is 12.5. The molecule has 4 nitrogen and oxygen atoms in total. The maximum Gasteiger partial charge on any atom is 0.306 e. The molecule has 2 unspecified atom stereocenters. The second kappa shape index (κ2) is 31.3. The Labute approximate surface area is 288 Å². The summed E-state index contributed by atoms with van der Waals surface area (Å²) in [5.41, 5.74) is 0. The minimum atomic E-state index is 0.0396. The third-order valence-electron chi connectivity index (χ3n) is 10.3. The normalized spacial score (nSPS) is 15.6. The van der Waals surface area contributed by atoms with Crippen molar-refractivity contribution in [1.29, 1.82) is 0 Å². The van der Waals surface area contributed by atoms with Crippen LogP contribution in [0.1, 0.15) is 213 Å². The number of rotatable bonds is 33. The van der Waals surface area contributed by atoms with Gasteiger partial charge in [0.25, 0.3) is 0 Å². The van der Waals surface area contributed by atoms with Crippen LogP contribution in [-0.4, -0.2) is 43.2 Å². The Bertz CT molecular complexity index is 686. The molecule has 0 N–H and O–H groups in total. The molecule has 4 heteroatoms. The molecule has 2 atom stereocenters. The van der Waals surface area contributed by atoms with Gasteiger partial charge in [-0.15, -0.1) is 0 Å². The fourth-order valence-electron chi connectivity index (χ4n) is 7.03. The first-order valence-corrected chi connectivity index (χ1v) is 20.7. The zero-order chi connectivity index (χ0) is 33.5. The van der Waals surface area contributed by atoms with E-state index in [0.29, 0.717) is 18.4 Å². The van der Waals surface area contributed by atoms with E-state index in [4.69, 9.17) is 9.47 Å². The van der Waals surface area contributed by atoms with Gasteiger partial charge in [0.05, 0.1) is 11.9 Å². The van der Waals surface area contributed by atoms with Gasteiger partial charge in [-0.3, -0.25) is 4.79 Å². The van der Waals surface area contributed by atoms with E-state index in [2.05, 4.69) is 39.3 Å². The van der Waals surface area contributed by atoms with Crippen molar-refractivity contribution in [3.8, 4) is 0 Å². The van der Waals surface area contributed by atoms with E-state index >= 15 is 0 Å². The number of unbranched alkanes of at least 4 members (excludes halogenated alkanes) is 19. The summed E-state index contributed by atoms with van der Waals surface area (Å²) in [4.78, 5) is 14.8. The number of carbonyl (C=O) groups excluding carboxylic acids is 1. The maximum atomic E-state index is 12.4. The Kier molecular flexibility index (Phi) is 29.2. The van der Waals surface area contributed by atoms with Gasteiger partial charge in [0, 0.05) is 12.3 Å². The highest BCUT2D eigenvalue weighted by atomic mass is 16.5. The van der Waals surface area contributed by atoms with Crippen LogP contribution in [-0.2, 0) is 14.3 Å². The molecule has 0 aromatic rings. The van der Waals surface area contributed by atoms with E-state index in [1.54, 1.807) is 0 Å². The molecule has 0 radical (unpaired) electrons. The standard InChI is InChI=1S/C42H81NO3/c1-6-9-12-14-19-22-26-30-40(45-38(4)39-34-36-43(5)37-35-39)31-27-23-20-17-15-16-18-21-24-28-33-42(44)46-41(29-11-8-3)32-25-13-10-7-2/h39-41H,4,6-37H2,1-3,5H3. The first kappa shape index (κ1) is 43.0. The fourth-order valence-corrected chi connectivity index (χ4v) is 7.03. The van der Waals surface area contributed by atoms with Crippen LogP contribution in [0.3, 0.4) is 0 Å². The van der Waals surface area contributed by atoms with Crippen molar-refractivity contribution in [3.63, 3.8) is 0 Å². The monoisotopic (exact) mass is 648 g/mol. The van der Waals surface area contributed by atoms with E-state index in [0.717, 1.165) is 37.9 Å². The summed E-state index contributed by atoms with van der Waals surface area (Å²) in [5, 5.41) is 0. The molecular weight excluding hydrogens is 566 g/mol. The molecule has 1 aliphatic heterocycles. The molecule has 0 aromatic heterocycles. The molecule has 1 rings (SSSR count). The van der Waals surface area contributed by atoms with E-state index in [1.807, 2.05) is 0 Å². The van der Waals surface area contributed by atoms with Crippen LogP contribution in [0.4, 0.5) is 0 Å². The number of likely N-dealkylation sites (tertiary alicyclic amines) is 1. The summed E-state index contributed by atoms with van der Waals surface area (Å²) in [5.74, 6) is 1.67. The van der Waals surface area contributed by atoms with Crippen molar-refractivity contribution in [2.45, 2.75) is 226 Å². The summed E-state index contributed by atoms with van der Waals surface area (Å²) in [6.45, 7) is 13.5. The van der Waals surface area contributed by atoms with Gasteiger partial charge in [-0.05, 0) is 84.3 Å². The Hall–Kier alpha value is -1.03. The number of hydrogen-bond donors (Lipinski definition) is 0. The second-order valence-corrected chi connectivity index (χ2v) is 14.9. The van der Waals surface area contributed by atoms with Crippen molar-refractivity contribution < 1.29 is 14.3 Å². The van der Waals surface area contributed by atoms with Crippen molar-refractivity contribution in [2.75, 3.05) is 20.1 Å². The minimum absolute atomic E-state index is 0.0396. The Balaban J connectivity index is 2.13. The second-order valence-electron chi connectivity index (χ2n) is 14.9. The first-order chi connectivity index (χ1) is 22.5. The quantitative estimate of drug-likeness (QED) is 0.0403. The van der Waals surface area contributed by atoms with Gasteiger partial charge in [0.1, 0.15) is 6.10 Å². The largest absolute Gasteiger partial charge is 0.495 e. The summed E-state index contributed by atoms with van der Waals surface area (Å²) in [6, 6.07) is 0. The third kappa shape index (κ3) is 25.0. The van der Waals surface area contributed by atoms with Gasteiger partial charge >= 0.3 is 5.97 Å². The summed E-state index contributed by atoms with van der Waals surface area (Å²) >= 11 is 0. The number of esters is 1. The van der Waals surface area contributed by atoms with Gasteiger partial charge in [-0.1, -0.05) is 149 Å². The van der Waals surface area contributed by atoms with Crippen LogP contribution in [0, 0.1) is 5.92 Å². The van der Waals surface area contributed by atoms with Gasteiger partial charge in [0.2, 0.25) is 0 Å². The smallest absolute Gasteiger partial charge is 0.306 e. The Morgan fingerprint density at radius 2 is 0.935 bits per heavy atom. The van der Waals surface area contributed by atoms with E-state index < -0.39 is 0 Å². The number of carbonyl (C=O) groups is 1. The van der Waals surface area contributed by atoms with Gasteiger partial charge in [-0.25, -0.2) is 0 Å². The molecule has 1 aliphatic rings. The van der Waals surface area contributed by atoms with Crippen molar-refractivity contribution in [1.82, 2.24) is 4.90 Å². The van der Waals surface area contributed by atoms with Crippen molar-refractivity contribution in [2.24, 2.45) is 5.92 Å². The number of hydrogen-bond acceptors (Lipinski definition) is 4. The minimum Gasteiger partial charge on any atom is -0.495 e. The number of ether oxygens (including phenoxy) is 2. The maximum absolute atomic E-state index is 12.4. The average Bonchev–Trinajstić information content (AvgIpc) is 3.05. The highest BCUT2D eigenvalue weighted by molar-refractivity contribution is 5.69. The average molecular weight is 648 g/mol. The Morgan fingerprint density at radius 3 is 1.41 bits per heavy atom. The van der Waals surface area contributed by atoms with Gasteiger partial charge < -0.3 is 14.4 Å². The Morgan fingerprint density at radius 1 is 0.565 bits per heavy atom. The molecule has 0 aromatic carbocycles. The van der Waals surface area contributed by atoms with Crippen LogP contribution in [0.25, 0.3) is 0 Å². The number of allylic oxidation sites excluding steroid dienone is 1. The number of nitrogens with zero attached hydrogens (tertiary/aromatic N) is 1. The zero-order valence-corrected chi connectivity index (χ0v) is 31.7. The summed E-state index contributed by atoms with van der Waals surface area (Å²) in [6.07, 6.45) is 37.6. The lowest BCUT2D eigenvalue weighted by Crippen LogP contribution is -2.31. The molecule has 0 spiro atoms. The van der Waals surface area contributed by atoms with Gasteiger partial charge in [0.15, 0.2) is 0 Å². The number of piperidine rings is 1. The zero-order valence-electron chi connectivity index (χ0n) is 31.7. The summed E-state index contributed by atoms with van der Waals surface area (Å²) in [7, 11) is 2.23. The van der Waals surface area contributed by atoms with Crippen LogP contribution in [0.5, 0.6) is 0 Å². The van der Waals surface area contributed by atoms with Crippen molar-refractivity contribution in [3.05, 3.63) is 12.3 Å². The molecule has 0 aliphatic carbocycles. The van der Waals surface area contributed by atoms with Crippen molar-refractivity contribution >= 4 is 5.97 Å². The lowest BCUT2D eigenvalue weighted by molar-refractivity contribution is -0.150. The molecule has 0 amide bonds. The molecule has 0 bridgehead atoms. The van der Waals surface area contributed by atoms with Crippen LogP contribution in [0.2, 0.25) is 0 Å². The molecule has 1 fully saturated rings. The molecule has 1 saturated heterocycles. The topological polar surface area (TPSA) is 38.8 Å². The van der Waals surface area contributed by atoms with Crippen LogP contribution >= 0.6 is 0 Å². The highest BCUT2D eigenvalue weighted by Gasteiger charge is 2.22. The molecule has 46 heavy (non-hydrogen) atoms. The van der Waals surface area contributed by atoms with Crippen LogP contribution in [0.15, 0.2) is 12.3 Å². The lowest BCUT2D eigenvalue weighted by Gasteiger charge is -2.32. The SMILES string of the molecule is C=C(OC(CCCCCCCCC)CCCCCCCCCCCCC(=O)OC(CCCC)CCCCCC)C1CCN(C)CC1. The molecule has 1 heterocycles. The highest BCUT2D eigenvalue weighted by Crippen LogP contribution is 2.27. The van der Waals surface area contributed by atoms with Crippen LogP contribution < -0.4 is 0 Å². The molecule has 0 saturated carbocycles. The van der Waals surface area contributed by atoms with Gasteiger partial charge in [-0.2, -0.15) is 0 Å². The first-order valence-electron chi connectivity index (χ1n) is 20.7. The van der Waals surface area contributed by atoms with E-state index in [1.165, 1.54) is 167 Å². The van der Waals surface area contributed by atoms with E-state index in [-0.39, 0.29) is 12.1 Å². The van der Waals surface area contributed by atoms with E-state index in [9.17, 15) is 4.79 Å². The fraction of sp³-hybridized carbons (Fsp3) is 0.929. The predicted octanol–water partition coefficient (Wildman–Crippen LogP) is 13.1. The molecular formula is C42H81NO3. The third-order valence-corrected chi connectivity index (χ3v) is 10.3. The molecule has 272 valence electrons.